The standard InChI is InChI=1S/C49H93NO5/c1-3-5-7-9-11-13-15-16-17-18-19-20-21-22-23-27-31-35-39-43-49(54)55-44-40-36-32-28-24-26-30-34-38-42-48(53)50-46(45-51)47(52)41-37-33-29-25-14-12-10-8-6-4-2/h16-17,26,30,46-47,51-52H,3-15,18-25,27-29,31-45H2,1-2H3,(H,50,53)/b17-16-,30-26-. The van der Waals surface area contributed by atoms with Crippen LogP contribution in [0.25, 0.3) is 0 Å². The summed E-state index contributed by atoms with van der Waals surface area (Å²) in [4.78, 5) is 24.4. The summed E-state index contributed by atoms with van der Waals surface area (Å²) in [5.74, 6) is -0.135. The summed E-state index contributed by atoms with van der Waals surface area (Å²) in [7, 11) is 0. The van der Waals surface area contributed by atoms with Crippen molar-refractivity contribution >= 4 is 11.9 Å². The van der Waals surface area contributed by atoms with Crippen LogP contribution in [0.1, 0.15) is 251 Å². The van der Waals surface area contributed by atoms with E-state index in [1.54, 1.807) is 0 Å². The van der Waals surface area contributed by atoms with E-state index in [9.17, 15) is 19.8 Å². The van der Waals surface area contributed by atoms with E-state index in [0.29, 0.717) is 25.9 Å². The van der Waals surface area contributed by atoms with Gasteiger partial charge < -0.3 is 20.3 Å². The van der Waals surface area contributed by atoms with Crippen molar-refractivity contribution in [3.05, 3.63) is 24.3 Å². The highest BCUT2D eigenvalue weighted by Gasteiger charge is 2.19. The topological polar surface area (TPSA) is 95.9 Å². The van der Waals surface area contributed by atoms with Crippen LogP contribution in [0.15, 0.2) is 24.3 Å². The first-order chi connectivity index (χ1) is 27.0. The van der Waals surface area contributed by atoms with Crippen molar-refractivity contribution in [2.24, 2.45) is 0 Å². The molecule has 2 unspecified atom stereocenters. The van der Waals surface area contributed by atoms with Crippen LogP contribution in [-0.4, -0.2) is 47.4 Å². The summed E-state index contributed by atoms with van der Waals surface area (Å²) in [5, 5.41) is 23.0. The fourth-order valence-corrected chi connectivity index (χ4v) is 7.22. The predicted molar refractivity (Wildman–Crippen MR) is 236 cm³/mol. The monoisotopic (exact) mass is 776 g/mol. The van der Waals surface area contributed by atoms with Crippen LogP contribution in [-0.2, 0) is 14.3 Å². The van der Waals surface area contributed by atoms with E-state index in [0.717, 1.165) is 70.6 Å². The van der Waals surface area contributed by atoms with Gasteiger partial charge in [0.05, 0.1) is 25.4 Å². The Morgan fingerprint density at radius 3 is 1.33 bits per heavy atom. The molecule has 0 rings (SSSR count). The number of aliphatic hydroxyl groups is 2. The molecule has 0 saturated heterocycles. The van der Waals surface area contributed by atoms with Crippen molar-refractivity contribution in [1.29, 1.82) is 0 Å². The molecular weight excluding hydrogens is 683 g/mol. The molecule has 6 nitrogen and oxygen atoms in total. The molecule has 55 heavy (non-hydrogen) atoms. The van der Waals surface area contributed by atoms with Crippen LogP contribution >= 0.6 is 0 Å². The van der Waals surface area contributed by atoms with Gasteiger partial charge >= 0.3 is 5.97 Å². The molecule has 0 bridgehead atoms. The van der Waals surface area contributed by atoms with Crippen molar-refractivity contribution in [1.82, 2.24) is 5.32 Å². The molecule has 1 amide bonds. The Kier molecular flexibility index (Phi) is 43.7. The first kappa shape index (κ1) is 53.3. The quantitative estimate of drug-likeness (QED) is 0.0325. The minimum Gasteiger partial charge on any atom is -0.466 e. The summed E-state index contributed by atoms with van der Waals surface area (Å²) in [6.07, 6.45) is 51.5. The number of carbonyl (C=O) groups excluding carboxylic acids is 2. The Bertz CT molecular complexity index is 858. The van der Waals surface area contributed by atoms with Gasteiger partial charge in [0.15, 0.2) is 0 Å². The molecule has 324 valence electrons. The minimum absolute atomic E-state index is 0.0370. The third kappa shape index (κ3) is 41.8. The average Bonchev–Trinajstić information content (AvgIpc) is 3.18. The normalized spacial score (nSPS) is 12.9. The lowest BCUT2D eigenvalue weighted by Crippen LogP contribution is -2.45. The zero-order valence-electron chi connectivity index (χ0n) is 36.7. The van der Waals surface area contributed by atoms with Crippen LogP contribution in [0, 0.1) is 0 Å². The van der Waals surface area contributed by atoms with Gasteiger partial charge in [0.2, 0.25) is 5.91 Å². The maximum Gasteiger partial charge on any atom is 0.305 e. The number of amides is 1. The van der Waals surface area contributed by atoms with E-state index in [-0.39, 0.29) is 18.5 Å². The molecule has 0 saturated carbocycles. The number of aliphatic hydroxyl groups excluding tert-OH is 2. The van der Waals surface area contributed by atoms with Gasteiger partial charge in [-0.2, -0.15) is 0 Å². The summed E-state index contributed by atoms with van der Waals surface area (Å²) in [5.41, 5.74) is 0. The second-order valence-electron chi connectivity index (χ2n) is 16.4. The Morgan fingerprint density at radius 1 is 0.491 bits per heavy atom. The lowest BCUT2D eigenvalue weighted by Gasteiger charge is -2.22. The SMILES string of the molecule is CCCCCCCC/C=C\CCCCCCCCCCCC(=O)OCCCCCC/C=C\CCCC(=O)NC(CO)C(O)CCCCCCCCCCCC. The minimum atomic E-state index is -0.693. The Hall–Kier alpha value is -1.66. The van der Waals surface area contributed by atoms with Gasteiger partial charge in [0.1, 0.15) is 0 Å². The summed E-state index contributed by atoms with van der Waals surface area (Å²) in [6, 6.07) is -0.577. The van der Waals surface area contributed by atoms with Crippen molar-refractivity contribution in [2.75, 3.05) is 13.2 Å². The number of ether oxygens (including phenoxy) is 1. The number of hydrogen-bond acceptors (Lipinski definition) is 5. The van der Waals surface area contributed by atoms with Crippen LogP contribution in [0.2, 0.25) is 0 Å². The number of esters is 1. The maximum absolute atomic E-state index is 12.4. The fraction of sp³-hybridized carbons (Fsp3) is 0.878. The lowest BCUT2D eigenvalue weighted by atomic mass is 10.0. The van der Waals surface area contributed by atoms with Gasteiger partial charge in [-0.15, -0.1) is 0 Å². The number of rotatable bonds is 44. The Balaban J connectivity index is 3.50. The molecule has 0 fully saturated rings. The first-order valence-electron chi connectivity index (χ1n) is 24.1. The predicted octanol–water partition coefficient (Wildman–Crippen LogP) is 14.0. The summed E-state index contributed by atoms with van der Waals surface area (Å²) >= 11 is 0. The molecule has 0 aromatic rings. The third-order valence-corrected chi connectivity index (χ3v) is 11.0. The van der Waals surface area contributed by atoms with Gasteiger partial charge in [-0.05, 0) is 70.6 Å². The average molecular weight is 776 g/mol. The van der Waals surface area contributed by atoms with Crippen LogP contribution in [0.3, 0.4) is 0 Å². The molecule has 0 heterocycles. The van der Waals surface area contributed by atoms with Gasteiger partial charge in [-0.25, -0.2) is 0 Å². The highest BCUT2D eigenvalue weighted by atomic mass is 16.5. The van der Waals surface area contributed by atoms with E-state index in [1.807, 2.05) is 0 Å². The summed E-state index contributed by atoms with van der Waals surface area (Å²) < 4.78 is 5.44. The molecular formula is C49H93NO5. The van der Waals surface area contributed by atoms with E-state index < -0.39 is 12.1 Å². The van der Waals surface area contributed by atoms with Crippen LogP contribution in [0.4, 0.5) is 0 Å². The zero-order valence-corrected chi connectivity index (χ0v) is 36.7. The van der Waals surface area contributed by atoms with Gasteiger partial charge in [-0.1, -0.05) is 192 Å². The molecule has 3 N–H and O–H groups in total. The highest BCUT2D eigenvalue weighted by Crippen LogP contribution is 2.15. The van der Waals surface area contributed by atoms with E-state index in [4.69, 9.17) is 4.74 Å². The fourth-order valence-electron chi connectivity index (χ4n) is 7.22. The summed E-state index contributed by atoms with van der Waals surface area (Å²) in [6.45, 7) is 4.83. The first-order valence-corrected chi connectivity index (χ1v) is 24.1. The van der Waals surface area contributed by atoms with E-state index in [1.165, 1.54) is 148 Å². The molecule has 0 aromatic heterocycles. The number of hydrogen-bond donors (Lipinski definition) is 3. The van der Waals surface area contributed by atoms with Crippen molar-refractivity contribution in [3.8, 4) is 0 Å². The molecule has 0 aliphatic carbocycles. The van der Waals surface area contributed by atoms with Crippen molar-refractivity contribution < 1.29 is 24.5 Å². The zero-order chi connectivity index (χ0) is 40.1. The van der Waals surface area contributed by atoms with Gasteiger partial charge in [-0.3, -0.25) is 9.59 Å². The second-order valence-corrected chi connectivity index (χ2v) is 16.4. The molecule has 0 aromatic carbocycles. The highest BCUT2D eigenvalue weighted by molar-refractivity contribution is 5.76. The van der Waals surface area contributed by atoms with Gasteiger partial charge in [0, 0.05) is 12.8 Å². The smallest absolute Gasteiger partial charge is 0.305 e. The van der Waals surface area contributed by atoms with Crippen molar-refractivity contribution in [3.63, 3.8) is 0 Å². The molecule has 2 atom stereocenters. The molecule has 6 heteroatoms. The van der Waals surface area contributed by atoms with Crippen molar-refractivity contribution in [2.45, 2.75) is 264 Å². The Morgan fingerprint density at radius 2 is 0.873 bits per heavy atom. The third-order valence-electron chi connectivity index (χ3n) is 11.0. The Labute approximate surface area is 341 Å². The molecule has 0 radical (unpaired) electrons. The molecule has 0 spiro atoms. The van der Waals surface area contributed by atoms with E-state index in [2.05, 4.69) is 43.5 Å². The second kappa shape index (κ2) is 45.0. The number of nitrogens with one attached hydrogen (secondary N) is 1. The van der Waals surface area contributed by atoms with E-state index >= 15 is 0 Å². The number of unbranched alkanes of at least 4 members (excludes halogenated alkanes) is 29. The molecule has 0 aliphatic heterocycles. The van der Waals surface area contributed by atoms with Crippen LogP contribution in [0.5, 0.6) is 0 Å². The van der Waals surface area contributed by atoms with Crippen LogP contribution < -0.4 is 5.32 Å². The molecule has 0 aliphatic rings. The number of carbonyl (C=O) groups is 2. The number of allylic oxidation sites excluding steroid dienone is 4. The van der Waals surface area contributed by atoms with Gasteiger partial charge in [0.25, 0.3) is 0 Å². The lowest BCUT2D eigenvalue weighted by molar-refractivity contribution is -0.143. The maximum atomic E-state index is 12.4. The largest absolute Gasteiger partial charge is 0.466 e.